The fraction of sp³-hybridized carbons (Fsp3) is 0.0667. The van der Waals surface area contributed by atoms with Crippen molar-refractivity contribution in [3.63, 3.8) is 0 Å². The van der Waals surface area contributed by atoms with Crippen LogP contribution in [-0.4, -0.2) is 21.8 Å². The maximum Gasteiger partial charge on any atom is 0.251 e. The van der Waals surface area contributed by atoms with E-state index >= 15 is 0 Å². The molecule has 0 atom stereocenters. The number of fused-ring (bicyclic) bond motifs is 1. The number of rotatable bonds is 7. The van der Waals surface area contributed by atoms with Crippen LogP contribution < -0.4 is 16.0 Å². The maximum atomic E-state index is 12.9. The Balaban J connectivity index is 1.27. The molecular weight excluding hydrogens is 462 g/mol. The van der Waals surface area contributed by atoms with Gasteiger partial charge in [-0.25, -0.2) is 9.97 Å². The SMILES string of the molecule is CC(=O)Nc1ccc(-c2ccnc(Nc3cccc(C(=O)NCc4cccc5ccccc45)c3)n2)cc1. The summed E-state index contributed by atoms with van der Waals surface area (Å²) in [4.78, 5) is 33.0. The highest BCUT2D eigenvalue weighted by Crippen LogP contribution is 2.22. The van der Waals surface area contributed by atoms with Gasteiger partial charge in [-0.15, -0.1) is 0 Å². The summed E-state index contributed by atoms with van der Waals surface area (Å²) < 4.78 is 0. The average molecular weight is 488 g/mol. The van der Waals surface area contributed by atoms with E-state index < -0.39 is 0 Å². The van der Waals surface area contributed by atoms with E-state index in [1.165, 1.54) is 6.92 Å². The molecular formula is C30H25N5O2. The molecule has 0 aliphatic rings. The number of nitrogens with zero attached hydrogens (tertiary/aromatic N) is 2. The predicted molar refractivity (Wildman–Crippen MR) is 147 cm³/mol. The van der Waals surface area contributed by atoms with Crippen molar-refractivity contribution in [3.05, 3.63) is 114 Å². The van der Waals surface area contributed by atoms with Crippen molar-refractivity contribution in [3.8, 4) is 11.3 Å². The van der Waals surface area contributed by atoms with Gasteiger partial charge in [0.1, 0.15) is 0 Å². The molecule has 0 aliphatic carbocycles. The fourth-order valence-electron chi connectivity index (χ4n) is 4.10. The summed E-state index contributed by atoms with van der Waals surface area (Å²) in [5, 5.41) is 11.2. The van der Waals surface area contributed by atoms with E-state index in [0.29, 0.717) is 23.7 Å². The van der Waals surface area contributed by atoms with E-state index in [1.807, 2.05) is 66.7 Å². The van der Waals surface area contributed by atoms with Crippen LogP contribution in [0, 0.1) is 0 Å². The molecule has 0 saturated carbocycles. The largest absolute Gasteiger partial charge is 0.348 e. The number of amides is 2. The van der Waals surface area contributed by atoms with Gasteiger partial charge in [0.2, 0.25) is 11.9 Å². The van der Waals surface area contributed by atoms with Gasteiger partial charge in [-0.05, 0) is 52.7 Å². The molecule has 7 heteroatoms. The summed E-state index contributed by atoms with van der Waals surface area (Å²) in [5.41, 5.74) is 4.65. The quantitative estimate of drug-likeness (QED) is 0.264. The highest BCUT2D eigenvalue weighted by Gasteiger charge is 2.09. The van der Waals surface area contributed by atoms with E-state index in [-0.39, 0.29) is 11.8 Å². The Labute approximate surface area is 214 Å². The first kappa shape index (κ1) is 23.7. The lowest BCUT2D eigenvalue weighted by atomic mass is 10.0. The molecule has 1 heterocycles. The zero-order valence-corrected chi connectivity index (χ0v) is 20.2. The number of carbonyl (C=O) groups excluding carboxylic acids is 2. The molecule has 0 fully saturated rings. The molecule has 7 nitrogen and oxygen atoms in total. The second kappa shape index (κ2) is 10.7. The molecule has 0 unspecified atom stereocenters. The average Bonchev–Trinajstić information content (AvgIpc) is 2.92. The summed E-state index contributed by atoms with van der Waals surface area (Å²) >= 11 is 0. The molecule has 0 radical (unpaired) electrons. The van der Waals surface area contributed by atoms with Gasteiger partial charge < -0.3 is 16.0 Å². The van der Waals surface area contributed by atoms with Crippen LogP contribution in [0.15, 0.2) is 103 Å². The number of hydrogen-bond acceptors (Lipinski definition) is 5. The molecule has 0 bridgehead atoms. The Morgan fingerprint density at radius 3 is 2.43 bits per heavy atom. The number of nitrogens with one attached hydrogen (secondary N) is 3. The molecule has 0 aliphatic heterocycles. The van der Waals surface area contributed by atoms with Crippen LogP contribution >= 0.6 is 0 Å². The van der Waals surface area contributed by atoms with Gasteiger partial charge in [0.15, 0.2) is 0 Å². The highest BCUT2D eigenvalue weighted by atomic mass is 16.2. The van der Waals surface area contributed by atoms with Crippen molar-refractivity contribution >= 4 is 39.9 Å². The topological polar surface area (TPSA) is 96.0 Å². The first-order valence-electron chi connectivity index (χ1n) is 11.9. The van der Waals surface area contributed by atoms with E-state index in [2.05, 4.69) is 44.1 Å². The summed E-state index contributed by atoms with van der Waals surface area (Å²) in [6.07, 6.45) is 1.67. The Morgan fingerprint density at radius 2 is 1.59 bits per heavy atom. The number of carbonyl (C=O) groups is 2. The molecule has 5 rings (SSSR count). The van der Waals surface area contributed by atoms with Gasteiger partial charge in [0, 0.05) is 42.2 Å². The van der Waals surface area contributed by atoms with Crippen LogP contribution in [0.5, 0.6) is 0 Å². The zero-order valence-electron chi connectivity index (χ0n) is 20.2. The van der Waals surface area contributed by atoms with Crippen molar-refractivity contribution < 1.29 is 9.59 Å². The van der Waals surface area contributed by atoms with Crippen LogP contribution in [0.3, 0.4) is 0 Å². The Hall–Kier alpha value is -5.04. The third-order valence-electron chi connectivity index (χ3n) is 5.86. The Morgan fingerprint density at radius 1 is 0.811 bits per heavy atom. The molecule has 4 aromatic carbocycles. The Kier molecular flexibility index (Phi) is 6.85. The van der Waals surface area contributed by atoms with Crippen LogP contribution in [-0.2, 0) is 11.3 Å². The summed E-state index contributed by atoms with van der Waals surface area (Å²) in [5.74, 6) is 0.132. The van der Waals surface area contributed by atoms with Crippen molar-refractivity contribution in [1.29, 1.82) is 0 Å². The summed E-state index contributed by atoms with van der Waals surface area (Å²) in [6.45, 7) is 1.91. The lowest BCUT2D eigenvalue weighted by Crippen LogP contribution is -2.22. The minimum Gasteiger partial charge on any atom is -0.348 e. The van der Waals surface area contributed by atoms with E-state index in [9.17, 15) is 9.59 Å². The van der Waals surface area contributed by atoms with Crippen molar-refractivity contribution in [2.24, 2.45) is 0 Å². The van der Waals surface area contributed by atoms with E-state index in [0.717, 1.165) is 33.3 Å². The van der Waals surface area contributed by atoms with Gasteiger partial charge >= 0.3 is 0 Å². The van der Waals surface area contributed by atoms with Crippen LogP contribution in [0.4, 0.5) is 17.3 Å². The molecule has 3 N–H and O–H groups in total. The molecule has 0 saturated heterocycles. The molecule has 182 valence electrons. The molecule has 2 amide bonds. The molecule has 5 aromatic rings. The first-order chi connectivity index (χ1) is 18.0. The first-order valence-corrected chi connectivity index (χ1v) is 11.9. The molecule has 0 spiro atoms. The van der Waals surface area contributed by atoms with Gasteiger partial charge in [-0.1, -0.05) is 60.7 Å². The summed E-state index contributed by atoms with van der Waals surface area (Å²) in [6, 6.07) is 30.7. The maximum absolute atomic E-state index is 12.9. The standard InChI is InChI=1S/C30H25N5O2/c1-20(36)33-25-14-12-22(13-15-25)28-16-17-31-30(35-28)34-26-10-5-8-23(18-26)29(37)32-19-24-9-4-7-21-6-2-3-11-27(21)24/h2-18H,19H2,1H3,(H,32,37)(H,33,36)(H,31,34,35). The second-order valence-corrected chi connectivity index (χ2v) is 8.55. The van der Waals surface area contributed by atoms with Crippen molar-refractivity contribution in [2.75, 3.05) is 10.6 Å². The fourth-order valence-corrected chi connectivity index (χ4v) is 4.10. The zero-order chi connectivity index (χ0) is 25.6. The van der Waals surface area contributed by atoms with Crippen molar-refractivity contribution in [2.45, 2.75) is 13.5 Å². The minimum absolute atomic E-state index is 0.120. The lowest BCUT2D eigenvalue weighted by molar-refractivity contribution is -0.114. The summed E-state index contributed by atoms with van der Waals surface area (Å²) in [7, 11) is 0. The normalized spacial score (nSPS) is 10.6. The van der Waals surface area contributed by atoms with Crippen LogP contribution in [0.2, 0.25) is 0 Å². The van der Waals surface area contributed by atoms with Gasteiger partial charge in [-0.3, -0.25) is 9.59 Å². The van der Waals surface area contributed by atoms with E-state index in [1.54, 1.807) is 18.3 Å². The van der Waals surface area contributed by atoms with Crippen LogP contribution in [0.25, 0.3) is 22.0 Å². The minimum atomic E-state index is -0.162. The third-order valence-corrected chi connectivity index (χ3v) is 5.86. The smallest absolute Gasteiger partial charge is 0.251 e. The third kappa shape index (κ3) is 5.79. The number of aromatic nitrogens is 2. The number of benzene rings is 4. The number of hydrogen-bond donors (Lipinski definition) is 3. The Bertz CT molecular complexity index is 1580. The molecule has 37 heavy (non-hydrogen) atoms. The van der Waals surface area contributed by atoms with E-state index in [4.69, 9.17) is 0 Å². The van der Waals surface area contributed by atoms with Crippen molar-refractivity contribution in [1.82, 2.24) is 15.3 Å². The lowest BCUT2D eigenvalue weighted by Gasteiger charge is -2.10. The second-order valence-electron chi connectivity index (χ2n) is 8.55. The highest BCUT2D eigenvalue weighted by molar-refractivity contribution is 5.95. The monoisotopic (exact) mass is 487 g/mol. The number of anilines is 3. The van der Waals surface area contributed by atoms with Gasteiger partial charge in [0.25, 0.3) is 5.91 Å². The van der Waals surface area contributed by atoms with Gasteiger partial charge in [-0.2, -0.15) is 0 Å². The molecule has 1 aromatic heterocycles. The predicted octanol–water partition coefficient (Wildman–Crippen LogP) is 5.93. The van der Waals surface area contributed by atoms with Crippen LogP contribution in [0.1, 0.15) is 22.8 Å². The van der Waals surface area contributed by atoms with Gasteiger partial charge in [0.05, 0.1) is 5.69 Å².